The Morgan fingerprint density at radius 2 is 2.00 bits per heavy atom. The van der Waals surface area contributed by atoms with Gasteiger partial charge in [-0.2, -0.15) is 5.10 Å². The minimum atomic E-state index is -0.249. The van der Waals surface area contributed by atoms with Crippen molar-refractivity contribution < 1.29 is 14.6 Å². The molecule has 10 heteroatoms. The second kappa shape index (κ2) is 12.1. The highest BCUT2D eigenvalue weighted by atomic mass is 35.5. The second-order valence-corrected chi connectivity index (χ2v) is 9.60. The van der Waals surface area contributed by atoms with Crippen molar-refractivity contribution in [2.24, 2.45) is 5.10 Å². The Hall–Kier alpha value is -3.04. The van der Waals surface area contributed by atoms with Crippen LogP contribution in [0.25, 0.3) is 11.4 Å². The van der Waals surface area contributed by atoms with Crippen LogP contribution in [-0.2, 0) is 4.79 Å². The van der Waals surface area contributed by atoms with Gasteiger partial charge in [0.15, 0.2) is 22.5 Å². The monoisotopic (exact) mass is 513 g/mol. The Morgan fingerprint density at radius 3 is 2.74 bits per heavy atom. The molecule has 0 aliphatic heterocycles. The molecular formula is C25H28ClN5O3S. The number of phenols is 1. The molecule has 1 saturated carbocycles. The Balaban J connectivity index is 1.42. The molecule has 1 heterocycles. The Bertz CT molecular complexity index is 1180. The highest BCUT2D eigenvalue weighted by molar-refractivity contribution is 7.99. The lowest BCUT2D eigenvalue weighted by atomic mass is 9.95. The van der Waals surface area contributed by atoms with Crippen LogP contribution in [-0.4, -0.2) is 44.4 Å². The number of nitrogens with zero attached hydrogens (tertiary/aromatic N) is 4. The summed E-state index contributed by atoms with van der Waals surface area (Å²) in [6.45, 7) is 2.28. The summed E-state index contributed by atoms with van der Waals surface area (Å²) in [6.07, 6.45) is 7.23. The third kappa shape index (κ3) is 6.55. The van der Waals surface area contributed by atoms with Gasteiger partial charge in [-0.05, 0) is 67.8 Å². The number of phenolic OH excluding ortho intramolecular Hbond substituents is 1. The van der Waals surface area contributed by atoms with Crippen LogP contribution in [0.5, 0.6) is 11.5 Å². The van der Waals surface area contributed by atoms with Gasteiger partial charge in [-0.3, -0.25) is 9.36 Å². The first kappa shape index (κ1) is 25.1. The highest BCUT2D eigenvalue weighted by Gasteiger charge is 2.24. The molecule has 0 radical (unpaired) electrons. The van der Waals surface area contributed by atoms with Crippen molar-refractivity contribution >= 4 is 35.5 Å². The van der Waals surface area contributed by atoms with E-state index in [9.17, 15) is 9.90 Å². The molecule has 4 rings (SSSR count). The van der Waals surface area contributed by atoms with E-state index in [1.165, 1.54) is 43.3 Å². The summed E-state index contributed by atoms with van der Waals surface area (Å²) >= 11 is 7.42. The zero-order valence-electron chi connectivity index (χ0n) is 19.5. The lowest BCUT2D eigenvalue weighted by Gasteiger charge is -2.25. The molecule has 1 aliphatic rings. The maximum atomic E-state index is 12.4. The normalized spacial score (nSPS) is 14.3. The SMILES string of the molecule is CCOc1cc(/C=N/NC(=O)CSc2nnc(-c3ccc(Cl)cc3)n2C2CCCCC2)ccc1O. The van der Waals surface area contributed by atoms with Crippen LogP contribution in [0.1, 0.15) is 50.6 Å². The number of thioether (sulfide) groups is 1. The van der Waals surface area contributed by atoms with E-state index in [0.29, 0.717) is 29.0 Å². The van der Waals surface area contributed by atoms with E-state index in [-0.39, 0.29) is 17.4 Å². The topological polar surface area (TPSA) is 102 Å². The average molecular weight is 514 g/mol. The number of hydrogen-bond donors (Lipinski definition) is 2. The van der Waals surface area contributed by atoms with E-state index in [1.807, 2.05) is 31.2 Å². The van der Waals surface area contributed by atoms with E-state index < -0.39 is 0 Å². The molecule has 1 aromatic heterocycles. The fraction of sp³-hybridized carbons (Fsp3) is 0.360. The summed E-state index contributed by atoms with van der Waals surface area (Å²) in [6, 6.07) is 12.8. The summed E-state index contributed by atoms with van der Waals surface area (Å²) in [4.78, 5) is 12.4. The van der Waals surface area contributed by atoms with Gasteiger partial charge in [0.05, 0.1) is 18.6 Å². The maximum absolute atomic E-state index is 12.4. The zero-order valence-corrected chi connectivity index (χ0v) is 21.1. The molecule has 1 fully saturated rings. The first-order valence-electron chi connectivity index (χ1n) is 11.7. The number of halogens is 1. The lowest BCUT2D eigenvalue weighted by molar-refractivity contribution is -0.118. The Kier molecular flexibility index (Phi) is 8.65. The molecule has 2 aromatic carbocycles. The number of aromatic hydroxyl groups is 1. The molecule has 184 valence electrons. The molecule has 1 amide bonds. The van der Waals surface area contributed by atoms with Gasteiger partial charge in [0, 0.05) is 16.6 Å². The standard InChI is InChI=1S/C25H28ClN5O3S/c1-2-34-22-14-17(8-13-21(22)32)15-27-28-23(33)16-35-25-30-29-24(18-9-11-19(26)12-10-18)31(25)20-6-4-3-5-7-20/h8-15,20,32H,2-7,16H2,1H3,(H,28,33)/b27-15+. The second-order valence-electron chi connectivity index (χ2n) is 8.22. The van der Waals surface area contributed by atoms with E-state index in [2.05, 4.69) is 25.3 Å². The number of ether oxygens (including phenoxy) is 1. The smallest absolute Gasteiger partial charge is 0.250 e. The van der Waals surface area contributed by atoms with Gasteiger partial charge >= 0.3 is 0 Å². The van der Waals surface area contributed by atoms with Crippen LogP contribution in [0.4, 0.5) is 0 Å². The minimum absolute atomic E-state index is 0.0597. The Labute approximate surface area is 213 Å². The summed E-state index contributed by atoms with van der Waals surface area (Å²) in [5.41, 5.74) is 4.20. The van der Waals surface area contributed by atoms with Gasteiger partial charge in [-0.15, -0.1) is 10.2 Å². The van der Waals surface area contributed by atoms with Gasteiger partial charge < -0.3 is 9.84 Å². The summed E-state index contributed by atoms with van der Waals surface area (Å²) in [5.74, 6) is 1.14. The van der Waals surface area contributed by atoms with Crippen molar-refractivity contribution in [3.8, 4) is 22.9 Å². The number of aromatic nitrogens is 3. The summed E-state index contributed by atoms with van der Waals surface area (Å²) < 4.78 is 7.54. The predicted octanol–water partition coefficient (Wildman–Crippen LogP) is 5.45. The fourth-order valence-electron chi connectivity index (χ4n) is 4.06. The number of nitrogens with one attached hydrogen (secondary N) is 1. The van der Waals surface area contributed by atoms with Crippen molar-refractivity contribution in [2.45, 2.75) is 50.2 Å². The van der Waals surface area contributed by atoms with Crippen LogP contribution < -0.4 is 10.2 Å². The average Bonchev–Trinajstić information content (AvgIpc) is 3.30. The lowest BCUT2D eigenvalue weighted by Crippen LogP contribution is -2.20. The van der Waals surface area contributed by atoms with Crippen molar-refractivity contribution in [2.75, 3.05) is 12.4 Å². The van der Waals surface area contributed by atoms with E-state index in [4.69, 9.17) is 16.3 Å². The quantitative estimate of drug-likeness (QED) is 0.224. The number of rotatable bonds is 9. The first-order chi connectivity index (χ1) is 17.0. The number of hydrazone groups is 1. The molecule has 2 N–H and O–H groups in total. The fourth-order valence-corrected chi connectivity index (χ4v) is 4.99. The summed E-state index contributed by atoms with van der Waals surface area (Å²) in [7, 11) is 0. The maximum Gasteiger partial charge on any atom is 0.250 e. The van der Waals surface area contributed by atoms with Crippen molar-refractivity contribution in [3.63, 3.8) is 0 Å². The molecular weight excluding hydrogens is 486 g/mol. The van der Waals surface area contributed by atoms with Crippen LogP contribution in [0.2, 0.25) is 5.02 Å². The van der Waals surface area contributed by atoms with Crippen molar-refractivity contribution in [3.05, 3.63) is 53.1 Å². The first-order valence-corrected chi connectivity index (χ1v) is 13.0. The number of hydrogen-bond acceptors (Lipinski definition) is 7. The van der Waals surface area contributed by atoms with Crippen molar-refractivity contribution in [1.29, 1.82) is 0 Å². The van der Waals surface area contributed by atoms with E-state index in [0.717, 1.165) is 29.4 Å². The van der Waals surface area contributed by atoms with Gasteiger partial charge in [0.25, 0.3) is 5.91 Å². The molecule has 8 nitrogen and oxygen atoms in total. The highest BCUT2D eigenvalue weighted by Crippen LogP contribution is 2.35. The molecule has 0 spiro atoms. The van der Waals surface area contributed by atoms with Crippen LogP contribution in [0, 0.1) is 0 Å². The third-order valence-electron chi connectivity index (χ3n) is 5.73. The molecule has 0 unspecified atom stereocenters. The minimum Gasteiger partial charge on any atom is -0.504 e. The van der Waals surface area contributed by atoms with Crippen LogP contribution in [0.3, 0.4) is 0 Å². The van der Waals surface area contributed by atoms with Gasteiger partial charge in [-0.1, -0.05) is 42.6 Å². The predicted molar refractivity (Wildman–Crippen MR) is 138 cm³/mol. The van der Waals surface area contributed by atoms with Gasteiger partial charge in [0.2, 0.25) is 0 Å². The molecule has 35 heavy (non-hydrogen) atoms. The largest absolute Gasteiger partial charge is 0.504 e. The molecule has 0 bridgehead atoms. The summed E-state index contributed by atoms with van der Waals surface area (Å²) in [5, 5.41) is 24.1. The molecule has 1 aliphatic carbocycles. The third-order valence-corrected chi connectivity index (χ3v) is 6.92. The number of carbonyl (C=O) groups excluding carboxylic acids is 1. The van der Waals surface area contributed by atoms with Crippen molar-refractivity contribution in [1.82, 2.24) is 20.2 Å². The Morgan fingerprint density at radius 1 is 1.23 bits per heavy atom. The van der Waals surface area contributed by atoms with E-state index >= 15 is 0 Å². The van der Waals surface area contributed by atoms with Gasteiger partial charge in [0.1, 0.15) is 0 Å². The molecule has 0 saturated heterocycles. The van der Waals surface area contributed by atoms with Crippen LogP contribution >= 0.6 is 23.4 Å². The molecule has 0 atom stereocenters. The van der Waals surface area contributed by atoms with Gasteiger partial charge in [-0.25, -0.2) is 5.43 Å². The number of carbonyl (C=O) groups is 1. The van der Waals surface area contributed by atoms with E-state index in [1.54, 1.807) is 12.1 Å². The zero-order chi connectivity index (χ0) is 24.6. The number of benzene rings is 2. The number of amides is 1. The molecule has 3 aromatic rings. The van der Waals surface area contributed by atoms with Crippen LogP contribution in [0.15, 0.2) is 52.7 Å².